The molecule has 0 atom stereocenters. The first kappa shape index (κ1) is 22.4. The fraction of sp³-hybridized carbons (Fsp3) is 0.120. The van der Waals surface area contributed by atoms with E-state index in [1.54, 1.807) is 36.4 Å². The monoisotopic (exact) mass is 433 g/mol. The van der Waals surface area contributed by atoms with Crippen LogP contribution >= 0.6 is 0 Å². The van der Waals surface area contributed by atoms with E-state index in [-0.39, 0.29) is 29.8 Å². The van der Waals surface area contributed by atoms with Gasteiger partial charge in [-0.1, -0.05) is 30.3 Å². The molecule has 0 heterocycles. The van der Waals surface area contributed by atoms with Crippen molar-refractivity contribution in [3.05, 3.63) is 83.9 Å². The number of rotatable bonds is 9. The Morgan fingerprint density at radius 3 is 2.38 bits per heavy atom. The minimum atomic E-state index is -0.294. The lowest BCUT2D eigenvalue weighted by Crippen LogP contribution is -2.20. The van der Waals surface area contributed by atoms with Gasteiger partial charge >= 0.3 is 0 Å². The highest BCUT2D eigenvalue weighted by Crippen LogP contribution is 2.29. The second-order valence-electron chi connectivity index (χ2n) is 6.70. The number of anilines is 1. The van der Waals surface area contributed by atoms with Crippen molar-refractivity contribution in [3.63, 3.8) is 0 Å². The van der Waals surface area contributed by atoms with Crippen LogP contribution in [-0.2, 0) is 4.79 Å². The number of aromatic hydroxyl groups is 1. The van der Waals surface area contributed by atoms with Crippen molar-refractivity contribution < 1.29 is 28.9 Å². The number of hydrogen-bond acceptors (Lipinski definition) is 6. The predicted octanol–water partition coefficient (Wildman–Crippen LogP) is 4.32. The number of benzene rings is 3. The molecule has 0 aromatic heterocycles. The largest absolute Gasteiger partial charge is 0.504 e. The molecule has 7 nitrogen and oxygen atoms in total. The molecule has 3 rings (SSSR count). The maximum Gasteiger partial charge on any atom is 0.262 e. The van der Waals surface area contributed by atoms with E-state index < -0.39 is 0 Å². The molecular weight excluding hydrogens is 410 g/mol. The molecule has 7 heteroatoms. The summed E-state index contributed by atoms with van der Waals surface area (Å²) in [6.45, 7) is -0.179. The third kappa shape index (κ3) is 5.89. The van der Waals surface area contributed by atoms with E-state index in [2.05, 4.69) is 5.32 Å². The van der Waals surface area contributed by atoms with Gasteiger partial charge in [-0.25, -0.2) is 0 Å². The second kappa shape index (κ2) is 10.7. The molecule has 0 bridgehead atoms. The van der Waals surface area contributed by atoms with E-state index in [0.717, 1.165) is 0 Å². The van der Waals surface area contributed by atoms with Crippen molar-refractivity contribution in [2.45, 2.75) is 0 Å². The van der Waals surface area contributed by atoms with Gasteiger partial charge in [0.1, 0.15) is 0 Å². The van der Waals surface area contributed by atoms with Crippen molar-refractivity contribution in [3.8, 4) is 23.0 Å². The van der Waals surface area contributed by atoms with Crippen molar-refractivity contribution in [2.75, 3.05) is 26.1 Å². The summed E-state index contributed by atoms with van der Waals surface area (Å²) in [5, 5.41) is 12.4. The van der Waals surface area contributed by atoms with Gasteiger partial charge in [-0.05, 0) is 54.1 Å². The summed E-state index contributed by atoms with van der Waals surface area (Å²) < 4.78 is 16.0. The molecule has 3 aromatic carbocycles. The fourth-order valence-corrected chi connectivity index (χ4v) is 2.87. The molecular formula is C25H23NO6. The van der Waals surface area contributed by atoms with E-state index in [1.807, 2.05) is 18.2 Å². The van der Waals surface area contributed by atoms with Crippen LogP contribution in [0.4, 0.5) is 5.69 Å². The van der Waals surface area contributed by atoms with E-state index in [4.69, 9.17) is 14.2 Å². The number of carbonyl (C=O) groups excluding carboxylic acids is 2. The summed E-state index contributed by atoms with van der Waals surface area (Å²) in [5.74, 6) is 0.479. The number of hydrogen-bond donors (Lipinski definition) is 2. The number of methoxy groups -OCH3 is 2. The lowest BCUT2D eigenvalue weighted by atomic mass is 10.1. The normalized spacial score (nSPS) is 10.6. The van der Waals surface area contributed by atoms with Gasteiger partial charge in [0, 0.05) is 11.3 Å². The van der Waals surface area contributed by atoms with Crippen molar-refractivity contribution >= 4 is 23.5 Å². The number of amides is 1. The average Bonchev–Trinajstić information content (AvgIpc) is 2.82. The van der Waals surface area contributed by atoms with Gasteiger partial charge in [0.25, 0.3) is 5.91 Å². The lowest BCUT2D eigenvalue weighted by molar-refractivity contribution is -0.118. The van der Waals surface area contributed by atoms with E-state index in [9.17, 15) is 14.7 Å². The van der Waals surface area contributed by atoms with E-state index in [1.165, 1.54) is 38.5 Å². The van der Waals surface area contributed by atoms with Crippen LogP contribution in [0.1, 0.15) is 15.9 Å². The maximum atomic E-state index is 12.4. The Labute approximate surface area is 185 Å². The Kier molecular flexibility index (Phi) is 7.48. The van der Waals surface area contributed by atoms with Crippen LogP contribution < -0.4 is 19.5 Å². The van der Waals surface area contributed by atoms with Gasteiger partial charge < -0.3 is 24.6 Å². The Bertz CT molecular complexity index is 1120. The molecule has 2 N–H and O–H groups in total. The van der Waals surface area contributed by atoms with Crippen LogP contribution in [0.2, 0.25) is 0 Å². The molecule has 0 saturated carbocycles. The standard InChI is InChI=1S/C25H23NO6/c1-30-23-15-18(10-12-21(23)28)20(27)11-8-17-9-13-22(24(14-17)31-2)32-16-25(29)26-19-6-4-3-5-7-19/h3-15,28H,16H2,1-2H3,(H,26,29)/b11-8+. The van der Waals surface area contributed by atoms with Crippen molar-refractivity contribution in [2.24, 2.45) is 0 Å². The molecule has 0 aliphatic heterocycles. The predicted molar refractivity (Wildman–Crippen MR) is 122 cm³/mol. The smallest absolute Gasteiger partial charge is 0.262 e. The number of nitrogens with one attached hydrogen (secondary N) is 1. The van der Waals surface area contributed by atoms with E-state index >= 15 is 0 Å². The first-order valence-corrected chi connectivity index (χ1v) is 9.75. The third-order valence-corrected chi connectivity index (χ3v) is 4.50. The van der Waals surface area contributed by atoms with Gasteiger partial charge in [0.05, 0.1) is 14.2 Å². The highest BCUT2D eigenvalue weighted by atomic mass is 16.5. The lowest BCUT2D eigenvalue weighted by Gasteiger charge is -2.11. The SMILES string of the molecule is COc1cc(C(=O)/C=C/c2ccc(OCC(=O)Nc3ccccc3)c(OC)c2)ccc1O. The third-order valence-electron chi connectivity index (χ3n) is 4.50. The minimum Gasteiger partial charge on any atom is -0.504 e. The molecule has 164 valence electrons. The summed E-state index contributed by atoms with van der Waals surface area (Å²) in [6, 6.07) is 18.6. The van der Waals surface area contributed by atoms with Crippen LogP contribution in [0.3, 0.4) is 0 Å². The first-order chi connectivity index (χ1) is 15.5. The highest BCUT2D eigenvalue weighted by molar-refractivity contribution is 6.07. The molecule has 0 fully saturated rings. The van der Waals surface area contributed by atoms with Gasteiger partial charge in [-0.2, -0.15) is 0 Å². The summed E-state index contributed by atoms with van der Waals surface area (Å²) in [6.07, 6.45) is 3.05. The number of para-hydroxylation sites is 1. The molecule has 3 aromatic rings. The summed E-state index contributed by atoms with van der Waals surface area (Å²) in [7, 11) is 2.91. The number of phenolic OH excluding ortho intramolecular Hbond substituents is 1. The molecule has 0 aliphatic rings. The molecule has 0 aliphatic carbocycles. The molecule has 0 unspecified atom stereocenters. The van der Waals surface area contributed by atoms with Crippen LogP contribution in [-0.4, -0.2) is 37.6 Å². The van der Waals surface area contributed by atoms with Gasteiger partial charge in [-0.15, -0.1) is 0 Å². The van der Waals surface area contributed by atoms with Gasteiger partial charge in [0.15, 0.2) is 35.4 Å². The quantitative estimate of drug-likeness (QED) is 0.386. The average molecular weight is 433 g/mol. The Balaban J connectivity index is 1.64. The van der Waals surface area contributed by atoms with Crippen LogP contribution in [0.5, 0.6) is 23.0 Å². The van der Waals surface area contributed by atoms with Crippen molar-refractivity contribution in [1.82, 2.24) is 0 Å². The summed E-state index contributed by atoms with van der Waals surface area (Å²) >= 11 is 0. The first-order valence-electron chi connectivity index (χ1n) is 9.75. The van der Waals surface area contributed by atoms with Crippen LogP contribution in [0, 0.1) is 0 Å². The molecule has 0 saturated heterocycles. The number of carbonyl (C=O) groups is 2. The number of ether oxygens (including phenoxy) is 3. The Morgan fingerprint density at radius 2 is 1.66 bits per heavy atom. The molecule has 0 spiro atoms. The molecule has 0 radical (unpaired) electrons. The zero-order valence-electron chi connectivity index (χ0n) is 17.7. The Hall–Kier alpha value is -4.26. The van der Waals surface area contributed by atoms with Crippen LogP contribution in [0.15, 0.2) is 72.8 Å². The zero-order valence-corrected chi connectivity index (χ0v) is 17.7. The highest BCUT2D eigenvalue weighted by Gasteiger charge is 2.10. The maximum absolute atomic E-state index is 12.4. The van der Waals surface area contributed by atoms with Gasteiger partial charge in [-0.3, -0.25) is 9.59 Å². The van der Waals surface area contributed by atoms with Crippen LogP contribution in [0.25, 0.3) is 6.08 Å². The second-order valence-corrected chi connectivity index (χ2v) is 6.70. The number of allylic oxidation sites excluding steroid dienone is 1. The summed E-state index contributed by atoms with van der Waals surface area (Å²) in [4.78, 5) is 24.5. The summed E-state index contributed by atoms with van der Waals surface area (Å²) in [5.41, 5.74) is 1.78. The Morgan fingerprint density at radius 1 is 0.906 bits per heavy atom. The topological polar surface area (TPSA) is 94.1 Å². The molecule has 32 heavy (non-hydrogen) atoms. The minimum absolute atomic E-state index is 0.0363. The van der Waals surface area contributed by atoms with Crippen molar-refractivity contribution in [1.29, 1.82) is 0 Å². The number of phenols is 1. The zero-order chi connectivity index (χ0) is 22.9. The van der Waals surface area contributed by atoms with Gasteiger partial charge in [0.2, 0.25) is 0 Å². The molecule has 1 amide bonds. The fourth-order valence-electron chi connectivity index (χ4n) is 2.87. The number of ketones is 1. The van der Waals surface area contributed by atoms with E-state index in [0.29, 0.717) is 28.3 Å².